The predicted molar refractivity (Wildman–Crippen MR) is 66.1 cm³/mol. The van der Waals surface area contributed by atoms with Crippen molar-refractivity contribution in [3.63, 3.8) is 0 Å². The summed E-state index contributed by atoms with van der Waals surface area (Å²) in [6, 6.07) is 0. The lowest BCUT2D eigenvalue weighted by Crippen LogP contribution is -2.53. The van der Waals surface area contributed by atoms with Crippen molar-refractivity contribution < 1.29 is 22.7 Å². The minimum absolute atomic E-state index is 0.269. The molecule has 1 amide bonds. The van der Waals surface area contributed by atoms with E-state index in [0.29, 0.717) is 5.92 Å². The first-order chi connectivity index (χ1) is 8.76. The zero-order valence-electron chi connectivity index (χ0n) is 10.9. The van der Waals surface area contributed by atoms with Crippen molar-refractivity contribution >= 4 is 17.5 Å². The molecule has 0 heterocycles. The highest BCUT2D eigenvalue weighted by Gasteiger charge is 2.35. The van der Waals surface area contributed by atoms with Gasteiger partial charge in [0.2, 0.25) is 5.91 Å². The van der Waals surface area contributed by atoms with Crippen LogP contribution in [0, 0.1) is 5.92 Å². The maximum absolute atomic E-state index is 11.9. The van der Waals surface area contributed by atoms with Gasteiger partial charge in [0.05, 0.1) is 5.54 Å². The van der Waals surface area contributed by atoms with Crippen LogP contribution in [0.2, 0.25) is 0 Å². The van der Waals surface area contributed by atoms with Crippen molar-refractivity contribution in [3.05, 3.63) is 0 Å². The Morgan fingerprint density at radius 3 is 2.47 bits per heavy atom. The Balaban J connectivity index is 2.37. The van der Waals surface area contributed by atoms with Crippen molar-refractivity contribution in [2.45, 2.75) is 44.3 Å². The Hall–Kier alpha value is -0.490. The van der Waals surface area contributed by atoms with Gasteiger partial charge in [-0.05, 0) is 31.6 Å². The van der Waals surface area contributed by atoms with Gasteiger partial charge in [0.15, 0.2) is 0 Å². The molecule has 0 saturated heterocycles. The van der Waals surface area contributed by atoms with Gasteiger partial charge in [-0.15, -0.1) is 11.6 Å². The van der Waals surface area contributed by atoms with Gasteiger partial charge < -0.3 is 10.1 Å². The van der Waals surface area contributed by atoms with Gasteiger partial charge in [-0.25, -0.2) is 0 Å². The smallest absolute Gasteiger partial charge is 0.362 e. The number of halogens is 4. The highest BCUT2D eigenvalue weighted by Crippen LogP contribution is 2.32. The zero-order valence-corrected chi connectivity index (χ0v) is 11.6. The van der Waals surface area contributed by atoms with Crippen LogP contribution in [0.1, 0.15) is 32.6 Å². The van der Waals surface area contributed by atoms with E-state index in [2.05, 4.69) is 17.0 Å². The number of nitrogens with one attached hydrogen (secondary N) is 1. The van der Waals surface area contributed by atoms with Gasteiger partial charge in [-0.2, -0.15) is 13.2 Å². The monoisotopic (exact) mass is 301 g/mol. The summed E-state index contributed by atoms with van der Waals surface area (Å²) >= 11 is 5.90. The second-order valence-corrected chi connectivity index (χ2v) is 5.52. The summed E-state index contributed by atoms with van der Waals surface area (Å²) in [7, 11) is 0. The number of amides is 1. The largest absolute Gasteiger partial charge is 0.411 e. The maximum Gasteiger partial charge on any atom is 0.411 e. The Morgan fingerprint density at radius 2 is 2.00 bits per heavy atom. The third kappa shape index (κ3) is 5.99. The molecule has 0 spiro atoms. The van der Waals surface area contributed by atoms with Crippen LogP contribution in [-0.2, 0) is 9.53 Å². The summed E-state index contributed by atoms with van der Waals surface area (Å²) in [5, 5.41) is 2.73. The fourth-order valence-electron chi connectivity index (χ4n) is 2.20. The van der Waals surface area contributed by atoms with Gasteiger partial charge in [-0.1, -0.05) is 6.92 Å². The lowest BCUT2D eigenvalue weighted by atomic mass is 9.78. The molecule has 0 radical (unpaired) electrons. The van der Waals surface area contributed by atoms with Crippen LogP contribution in [0.25, 0.3) is 0 Å². The number of ether oxygens (including phenoxy) is 1. The topological polar surface area (TPSA) is 38.3 Å². The molecule has 0 atom stereocenters. The molecule has 1 saturated carbocycles. The molecule has 19 heavy (non-hydrogen) atoms. The fraction of sp³-hybridized carbons (Fsp3) is 0.917. The molecular weight excluding hydrogens is 283 g/mol. The van der Waals surface area contributed by atoms with Gasteiger partial charge in [0.25, 0.3) is 0 Å². The first-order valence-corrected chi connectivity index (χ1v) is 6.81. The molecule has 0 aromatic rings. The summed E-state index contributed by atoms with van der Waals surface area (Å²) in [4.78, 5) is 11.6. The number of carbonyl (C=O) groups is 1. The van der Waals surface area contributed by atoms with E-state index >= 15 is 0 Å². The SMILES string of the molecule is CC1CCC(CCl)(NC(=O)COCC(F)(F)F)CC1. The second kappa shape index (κ2) is 6.79. The molecule has 0 unspecified atom stereocenters. The highest BCUT2D eigenvalue weighted by molar-refractivity contribution is 6.18. The van der Waals surface area contributed by atoms with Crippen LogP contribution in [0.3, 0.4) is 0 Å². The number of rotatable bonds is 5. The van der Waals surface area contributed by atoms with E-state index in [-0.39, 0.29) is 5.88 Å². The molecule has 1 fully saturated rings. The Morgan fingerprint density at radius 1 is 1.42 bits per heavy atom. The number of hydrogen-bond acceptors (Lipinski definition) is 2. The molecule has 0 aromatic heterocycles. The van der Waals surface area contributed by atoms with E-state index in [1.807, 2.05) is 0 Å². The van der Waals surface area contributed by atoms with Crippen molar-refractivity contribution in [1.82, 2.24) is 5.32 Å². The van der Waals surface area contributed by atoms with Gasteiger partial charge in [-0.3, -0.25) is 4.79 Å². The molecule has 3 nitrogen and oxygen atoms in total. The fourth-order valence-corrected chi connectivity index (χ4v) is 2.53. The van der Waals surface area contributed by atoms with Crippen LogP contribution in [0.5, 0.6) is 0 Å². The Bertz CT molecular complexity index is 302. The first-order valence-electron chi connectivity index (χ1n) is 6.28. The van der Waals surface area contributed by atoms with Crippen molar-refractivity contribution in [2.75, 3.05) is 19.1 Å². The summed E-state index contributed by atoms with van der Waals surface area (Å²) < 4.78 is 39.9. The van der Waals surface area contributed by atoms with Gasteiger partial charge >= 0.3 is 6.18 Å². The molecule has 1 N–H and O–H groups in total. The molecule has 1 aliphatic carbocycles. The molecule has 0 aliphatic heterocycles. The van der Waals surface area contributed by atoms with Crippen LogP contribution in [0.4, 0.5) is 13.2 Å². The molecule has 112 valence electrons. The minimum Gasteiger partial charge on any atom is -0.362 e. The molecule has 7 heteroatoms. The average molecular weight is 302 g/mol. The summed E-state index contributed by atoms with van der Waals surface area (Å²) in [6.07, 6.45) is -0.997. The van der Waals surface area contributed by atoms with Crippen molar-refractivity contribution in [3.8, 4) is 0 Å². The quantitative estimate of drug-likeness (QED) is 0.793. The maximum atomic E-state index is 11.9. The standard InChI is InChI=1S/C12H19ClF3NO2/c1-9-2-4-11(7-13,5-3-9)17-10(18)6-19-8-12(14,15)16/h9H,2-8H2,1H3,(H,17,18). The summed E-state index contributed by atoms with van der Waals surface area (Å²) in [6.45, 7) is 0.130. The van der Waals surface area contributed by atoms with Gasteiger partial charge in [0, 0.05) is 5.88 Å². The summed E-state index contributed by atoms with van der Waals surface area (Å²) in [5.41, 5.74) is -0.493. The zero-order chi connectivity index (χ0) is 14.5. The van der Waals surface area contributed by atoms with Crippen LogP contribution >= 0.6 is 11.6 Å². The van der Waals surface area contributed by atoms with E-state index in [1.54, 1.807) is 0 Å². The normalized spacial score (nSPS) is 28.2. The number of alkyl halides is 4. The van der Waals surface area contributed by atoms with E-state index in [1.165, 1.54) is 0 Å². The summed E-state index contributed by atoms with van der Waals surface area (Å²) in [5.74, 6) is 0.319. The van der Waals surface area contributed by atoms with Gasteiger partial charge in [0.1, 0.15) is 13.2 Å². The third-order valence-corrected chi connectivity index (χ3v) is 3.90. The Labute approximate surface area is 115 Å². The third-order valence-electron chi connectivity index (χ3n) is 3.39. The van der Waals surface area contributed by atoms with E-state index in [9.17, 15) is 18.0 Å². The minimum atomic E-state index is -4.41. The van der Waals surface area contributed by atoms with Crippen LogP contribution < -0.4 is 5.32 Å². The van der Waals surface area contributed by atoms with Crippen LogP contribution in [0.15, 0.2) is 0 Å². The lowest BCUT2D eigenvalue weighted by molar-refractivity contribution is -0.176. The number of hydrogen-bond donors (Lipinski definition) is 1. The predicted octanol–water partition coefficient (Wildman–Crippen LogP) is 2.87. The first kappa shape index (κ1) is 16.6. The van der Waals surface area contributed by atoms with Crippen molar-refractivity contribution in [2.24, 2.45) is 5.92 Å². The van der Waals surface area contributed by atoms with E-state index in [0.717, 1.165) is 25.7 Å². The molecule has 1 rings (SSSR count). The van der Waals surface area contributed by atoms with Crippen LogP contribution in [-0.4, -0.2) is 36.7 Å². The lowest BCUT2D eigenvalue weighted by Gasteiger charge is -2.38. The van der Waals surface area contributed by atoms with E-state index < -0.39 is 30.8 Å². The highest BCUT2D eigenvalue weighted by atomic mass is 35.5. The second-order valence-electron chi connectivity index (χ2n) is 5.25. The molecular formula is C12H19ClF3NO2. The molecule has 1 aliphatic rings. The molecule has 0 bridgehead atoms. The van der Waals surface area contributed by atoms with Crippen molar-refractivity contribution in [1.29, 1.82) is 0 Å². The average Bonchev–Trinajstić information content (AvgIpc) is 2.31. The molecule has 0 aromatic carbocycles. The van der Waals surface area contributed by atoms with E-state index in [4.69, 9.17) is 11.6 Å². The number of carbonyl (C=O) groups excluding carboxylic acids is 1. The Kier molecular flexibility index (Phi) is 5.92.